The van der Waals surface area contributed by atoms with E-state index in [2.05, 4.69) is 20.6 Å². The van der Waals surface area contributed by atoms with Gasteiger partial charge in [0.1, 0.15) is 0 Å². The van der Waals surface area contributed by atoms with Crippen molar-refractivity contribution in [3.8, 4) is 5.69 Å². The Hall–Kier alpha value is -4.02. The van der Waals surface area contributed by atoms with Crippen molar-refractivity contribution in [1.29, 1.82) is 0 Å². The fourth-order valence-electron chi connectivity index (χ4n) is 3.33. The zero-order valence-corrected chi connectivity index (χ0v) is 17.0. The van der Waals surface area contributed by atoms with E-state index < -0.39 is 34.8 Å². The van der Waals surface area contributed by atoms with E-state index in [-0.39, 0.29) is 11.4 Å². The molecule has 0 aliphatic heterocycles. The highest BCUT2D eigenvalue weighted by molar-refractivity contribution is 5.92. The van der Waals surface area contributed by atoms with E-state index in [4.69, 9.17) is 0 Å². The number of alkyl halides is 3. The molecule has 3 aromatic heterocycles. The van der Waals surface area contributed by atoms with E-state index in [9.17, 15) is 22.8 Å². The maximum Gasteiger partial charge on any atom is 0.418 e. The maximum absolute atomic E-state index is 13.5. The van der Waals surface area contributed by atoms with Crippen molar-refractivity contribution >= 4 is 11.6 Å². The zero-order valence-electron chi connectivity index (χ0n) is 17.0. The highest BCUT2D eigenvalue weighted by Crippen LogP contribution is 2.33. The predicted octanol–water partition coefficient (Wildman–Crippen LogP) is 3.09. The molecular weight excluding hydrogens is 425 g/mol. The molecule has 0 bridgehead atoms. The van der Waals surface area contributed by atoms with Crippen LogP contribution in [0.15, 0.2) is 59.5 Å². The molecule has 0 aliphatic rings. The number of amides is 1. The van der Waals surface area contributed by atoms with Gasteiger partial charge < -0.3 is 5.32 Å². The van der Waals surface area contributed by atoms with Gasteiger partial charge >= 0.3 is 6.18 Å². The monoisotopic (exact) mass is 442 g/mol. The number of nitrogens with zero attached hydrogens (tertiary/aromatic N) is 5. The third kappa shape index (κ3) is 3.84. The summed E-state index contributed by atoms with van der Waals surface area (Å²) in [6.07, 6.45) is -2.92. The number of hydrogen-bond acceptors (Lipinski definition) is 5. The third-order valence-electron chi connectivity index (χ3n) is 4.84. The Morgan fingerprint density at radius 1 is 1.09 bits per heavy atom. The molecule has 0 spiro atoms. The molecule has 0 aliphatic carbocycles. The molecule has 3 heterocycles. The third-order valence-corrected chi connectivity index (χ3v) is 4.84. The Morgan fingerprint density at radius 2 is 1.81 bits per heavy atom. The first-order valence-corrected chi connectivity index (χ1v) is 9.55. The van der Waals surface area contributed by atoms with E-state index in [0.29, 0.717) is 11.5 Å². The lowest BCUT2D eigenvalue weighted by molar-refractivity contribution is -0.137. The number of aromatic nitrogens is 5. The lowest BCUT2D eigenvalue weighted by atomic mass is 10.1. The summed E-state index contributed by atoms with van der Waals surface area (Å²) >= 11 is 0. The molecule has 164 valence electrons. The van der Waals surface area contributed by atoms with E-state index in [1.807, 2.05) is 0 Å². The van der Waals surface area contributed by atoms with Crippen molar-refractivity contribution in [2.75, 3.05) is 0 Å². The van der Waals surface area contributed by atoms with E-state index in [1.165, 1.54) is 25.1 Å². The quantitative estimate of drug-likeness (QED) is 0.524. The fraction of sp³-hybridized carbons (Fsp3) is 0.190. The molecule has 0 saturated carbocycles. The molecule has 0 fully saturated rings. The zero-order chi connectivity index (χ0) is 23.0. The summed E-state index contributed by atoms with van der Waals surface area (Å²) in [6.45, 7) is 3.08. The normalized spacial score (nSPS) is 12.7. The van der Waals surface area contributed by atoms with Crippen molar-refractivity contribution in [1.82, 2.24) is 29.7 Å². The van der Waals surface area contributed by atoms with Gasteiger partial charge in [0.05, 0.1) is 17.3 Å². The van der Waals surface area contributed by atoms with Crippen molar-refractivity contribution in [2.45, 2.75) is 26.1 Å². The van der Waals surface area contributed by atoms with Crippen molar-refractivity contribution < 1.29 is 18.0 Å². The molecule has 1 N–H and O–H groups in total. The summed E-state index contributed by atoms with van der Waals surface area (Å²) in [5.41, 5.74) is -1.74. The molecule has 4 aromatic rings. The molecule has 0 radical (unpaired) electrons. The van der Waals surface area contributed by atoms with Gasteiger partial charge in [0.2, 0.25) is 5.43 Å². The topological polar surface area (TPSA) is 94.2 Å². The van der Waals surface area contributed by atoms with Gasteiger partial charge in [0.25, 0.3) is 5.91 Å². The van der Waals surface area contributed by atoms with Crippen molar-refractivity contribution in [3.63, 3.8) is 0 Å². The number of hydrogen-bond donors (Lipinski definition) is 1. The number of fused-ring (bicyclic) bond motifs is 1. The van der Waals surface area contributed by atoms with Gasteiger partial charge in [-0.05, 0) is 38.1 Å². The summed E-state index contributed by atoms with van der Waals surface area (Å²) in [5, 5.41) is 14.6. The molecule has 1 aromatic carbocycles. The Bertz CT molecular complexity index is 1380. The Balaban J connectivity index is 1.71. The lowest BCUT2D eigenvalue weighted by Gasteiger charge is -2.17. The smallest absolute Gasteiger partial charge is 0.341 e. The molecule has 1 amide bonds. The van der Waals surface area contributed by atoms with Crippen LogP contribution < -0.4 is 10.7 Å². The number of carbonyl (C=O) groups is 1. The minimum atomic E-state index is -4.64. The average Bonchev–Trinajstić information content (AvgIpc) is 3.17. The number of benzene rings is 1. The number of nitrogens with one attached hydrogen (secondary N) is 1. The van der Waals surface area contributed by atoms with Crippen LogP contribution in [0.2, 0.25) is 0 Å². The second-order valence-corrected chi connectivity index (χ2v) is 7.11. The second-order valence-electron chi connectivity index (χ2n) is 7.11. The van der Waals surface area contributed by atoms with Gasteiger partial charge in [0.15, 0.2) is 17.2 Å². The van der Waals surface area contributed by atoms with Crippen molar-refractivity contribution in [2.24, 2.45) is 0 Å². The van der Waals surface area contributed by atoms with Crippen LogP contribution in [0.4, 0.5) is 13.2 Å². The maximum atomic E-state index is 13.5. The Morgan fingerprint density at radius 3 is 2.56 bits per heavy atom. The molecule has 0 saturated heterocycles. The van der Waals surface area contributed by atoms with E-state index in [1.54, 1.807) is 35.7 Å². The number of rotatable bonds is 4. The first-order chi connectivity index (χ1) is 15.2. The largest absolute Gasteiger partial charge is 0.418 e. The minimum Gasteiger partial charge on any atom is -0.341 e. The van der Waals surface area contributed by atoms with E-state index in [0.717, 1.165) is 16.8 Å². The van der Waals surface area contributed by atoms with Crippen LogP contribution in [0, 0.1) is 6.92 Å². The molecule has 4 rings (SSSR count). The van der Waals surface area contributed by atoms with Gasteiger partial charge in [-0.1, -0.05) is 18.2 Å². The number of para-hydroxylation sites is 1. The van der Waals surface area contributed by atoms with Crippen LogP contribution in [0.5, 0.6) is 0 Å². The number of aryl methyl sites for hydroxylation is 1. The molecule has 32 heavy (non-hydrogen) atoms. The summed E-state index contributed by atoms with van der Waals surface area (Å²) in [4.78, 5) is 25.3. The highest BCUT2D eigenvalue weighted by atomic mass is 19.4. The Kier molecular flexibility index (Phi) is 5.25. The van der Waals surface area contributed by atoms with Gasteiger partial charge in [-0.2, -0.15) is 18.3 Å². The van der Waals surface area contributed by atoms with Crippen LogP contribution in [0.3, 0.4) is 0 Å². The fourth-order valence-corrected chi connectivity index (χ4v) is 3.33. The van der Waals surface area contributed by atoms with Crippen LogP contribution in [0.1, 0.15) is 40.5 Å². The first kappa shape index (κ1) is 21.2. The lowest BCUT2D eigenvalue weighted by Crippen LogP contribution is -2.34. The van der Waals surface area contributed by atoms with Crippen LogP contribution in [0.25, 0.3) is 11.3 Å². The second kappa shape index (κ2) is 7.91. The predicted molar refractivity (Wildman–Crippen MR) is 108 cm³/mol. The van der Waals surface area contributed by atoms with Gasteiger partial charge in [-0.3, -0.25) is 14.0 Å². The number of pyridine rings is 1. The molecule has 8 nitrogen and oxygen atoms in total. The molecular formula is C21H17F3N6O2. The average molecular weight is 442 g/mol. The summed E-state index contributed by atoms with van der Waals surface area (Å²) < 4.78 is 43.0. The van der Waals surface area contributed by atoms with Gasteiger partial charge in [0, 0.05) is 18.0 Å². The molecule has 1 atom stereocenters. The summed E-state index contributed by atoms with van der Waals surface area (Å²) in [7, 11) is 0. The van der Waals surface area contributed by atoms with Crippen LogP contribution in [-0.4, -0.2) is 30.3 Å². The van der Waals surface area contributed by atoms with Gasteiger partial charge in [-0.25, -0.2) is 4.68 Å². The molecule has 11 heteroatoms. The van der Waals surface area contributed by atoms with Gasteiger partial charge in [-0.15, -0.1) is 10.2 Å². The van der Waals surface area contributed by atoms with Crippen LogP contribution >= 0.6 is 0 Å². The minimum absolute atomic E-state index is 0.153. The SMILES string of the molecule is Cc1cc(=O)c(C(=O)N[C@H](C)c2nnc3ccccn23)nn1-c1ccccc1C(F)(F)F. The first-order valence-electron chi connectivity index (χ1n) is 9.55. The Labute approximate surface area is 179 Å². The summed E-state index contributed by atoms with van der Waals surface area (Å²) in [6, 6.07) is 10.5. The number of halogens is 3. The van der Waals surface area contributed by atoms with Crippen molar-refractivity contribution in [3.05, 3.63) is 87.7 Å². The number of carbonyl (C=O) groups excluding carboxylic acids is 1. The van der Waals surface area contributed by atoms with Crippen LogP contribution in [-0.2, 0) is 6.18 Å². The van der Waals surface area contributed by atoms with E-state index >= 15 is 0 Å². The summed E-state index contributed by atoms with van der Waals surface area (Å²) in [5.74, 6) is -0.419. The standard InChI is InChI=1S/C21H17F3N6O2/c1-12-11-16(31)18(28-30(12)15-8-4-3-7-14(15)21(22,23)24)20(32)25-13(2)19-27-26-17-9-5-6-10-29(17)19/h3-11,13H,1-2H3,(H,25,32)/t13-/m1/s1. The highest BCUT2D eigenvalue weighted by Gasteiger charge is 2.34. The molecule has 0 unspecified atom stereocenters.